The molecule has 2 rings (SSSR count). The van der Waals surface area contributed by atoms with E-state index in [4.69, 9.17) is 5.73 Å². The van der Waals surface area contributed by atoms with Gasteiger partial charge in [0.2, 0.25) is 0 Å². The highest BCUT2D eigenvalue weighted by Gasteiger charge is 2.27. The van der Waals surface area contributed by atoms with Gasteiger partial charge in [-0.15, -0.1) is 0 Å². The number of hydrogen-bond acceptors (Lipinski definition) is 3. The van der Waals surface area contributed by atoms with Crippen LogP contribution in [-0.4, -0.2) is 34.4 Å². The van der Waals surface area contributed by atoms with Crippen molar-refractivity contribution >= 4 is 5.91 Å². The highest BCUT2D eigenvalue weighted by atomic mass is 16.2. The largest absolute Gasteiger partial charge is 0.334 e. The molecule has 2 unspecified atom stereocenters. The first-order valence-corrected chi connectivity index (χ1v) is 5.66. The van der Waals surface area contributed by atoms with Crippen molar-refractivity contribution in [3.63, 3.8) is 0 Å². The number of carbonyl (C=O) groups is 1. The van der Waals surface area contributed by atoms with E-state index in [-0.39, 0.29) is 18.0 Å². The van der Waals surface area contributed by atoms with Crippen LogP contribution in [0.25, 0.3) is 0 Å². The number of hydrogen-bond donors (Lipinski definition) is 1. The average Bonchev–Trinajstić information content (AvgIpc) is 2.29. The third-order valence-corrected chi connectivity index (χ3v) is 3.06. The SMILES string of the molecule is CC1CC(N)CCN1C(=O)c1ccccn1. The number of rotatable bonds is 1. The molecule has 4 heteroatoms. The van der Waals surface area contributed by atoms with Crippen molar-refractivity contribution in [2.45, 2.75) is 31.8 Å². The molecule has 2 heterocycles. The molecular formula is C12H17N3O. The van der Waals surface area contributed by atoms with Crippen molar-refractivity contribution in [3.8, 4) is 0 Å². The predicted molar refractivity (Wildman–Crippen MR) is 61.9 cm³/mol. The first-order valence-electron chi connectivity index (χ1n) is 5.66. The molecule has 0 bridgehead atoms. The summed E-state index contributed by atoms with van der Waals surface area (Å²) < 4.78 is 0. The fraction of sp³-hybridized carbons (Fsp3) is 0.500. The Morgan fingerprint density at radius 1 is 1.56 bits per heavy atom. The summed E-state index contributed by atoms with van der Waals surface area (Å²) in [4.78, 5) is 18.1. The van der Waals surface area contributed by atoms with Gasteiger partial charge in [0.05, 0.1) is 0 Å². The Kier molecular flexibility index (Phi) is 3.19. The van der Waals surface area contributed by atoms with Crippen molar-refractivity contribution < 1.29 is 4.79 Å². The van der Waals surface area contributed by atoms with Crippen LogP contribution in [-0.2, 0) is 0 Å². The lowest BCUT2D eigenvalue weighted by atomic mass is 9.99. The van der Waals surface area contributed by atoms with E-state index in [1.54, 1.807) is 12.3 Å². The predicted octanol–water partition coefficient (Wildman–Crippen LogP) is 1.03. The molecule has 0 aromatic carbocycles. The second-order valence-electron chi connectivity index (χ2n) is 4.35. The van der Waals surface area contributed by atoms with Gasteiger partial charge in [0.25, 0.3) is 5.91 Å². The third-order valence-electron chi connectivity index (χ3n) is 3.06. The molecule has 1 aliphatic rings. The lowest BCUT2D eigenvalue weighted by Gasteiger charge is -2.36. The molecule has 1 saturated heterocycles. The van der Waals surface area contributed by atoms with Gasteiger partial charge in [0, 0.05) is 24.8 Å². The quantitative estimate of drug-likeness (QED) is 0.767. The Hall–Kier alpha value is -1.42. The Bertz CT molecular complexity index is 366. The maximum Gasteiger partial charge on any atom is 0.272 e. The Labute approximate surface area is 95.5 Å². The lowest BCUT2D eigenvalue weighted by molar-refractivity contribution is 0.0613. The van der Waals surface area contributed by atoms with Gasteiger partial charge in [-0.2, -0.15) is 0 Å². The number of nitrogens with two attached hydrogens (primary N) is 1. The van der Waals surface area contributed by atoms with E-state index in [9.17, 15) is 4.79 Å². The van der Waals surface area contributed by atoms with E-state index in [2.05, 4.69) is 4.98 Å². The summed E-state index contributed by atoms with van der Waals surface area (Å²) in [5, 5.41) is 0. The Morgan fingerprint density at radius 3 is 3.00 bits per heavy atom. The first kappa shape index (κ1) is 11.1. The molecule has 0 saturated carbocycles. The summed E-state index contributed by atoms with van der Waals surface area (Å²) in [6.07, 6.45) is 3.40. The number of amides is 1. The van der Waals surface area contributed by atoms with Crippen LogP contribution in [0.5, 0.6) is 0 Å². The molecule has 1 aromatic heterocycles. The van der Waals surface area contributed by atoms with Crippen LogP contribution < -0.4 is 5.73 Å². The molecule has 86 valence electrons. The van der Waals surface area contributed by atoms with Crippen LogP contribution in [0.4, 0.5) is 0 Å². The fourth-order valence-corrected chi connectivity index (χ4v) is 2.15. The van der Waals surface area contributed by atoms with Crippen LogP contribution in [0.1, 0.15) is 30.3 Å². The molecule has 1 aliphatic heterocycles. The molecule has 0 spiro atoms. The molecule has 16 heavy (non-hydrogen) atoms. The molecule has 1 fully saturated rings. The zero-order chi connectivity index (χ0) is 11.5. The number of piperidine rings is 1. The van der Waals surface area contributed by atoms with E-state index < -0.39 is 0 Å². The maximum absolute atomic E-state index is 12.1. The number of nitrogens with zero attached hydrogens (tertiary/aromatic N) is 2. The third kappa shape index (κ3) is 2.22. The minimum Gasteiger partial charge on any atom is -0.334 e. The summed E-state index contributed by atoms with van der Waals surface area (Å²) >= 11 is 0. The zero-order valence-electron chi connectivity index (χ0n) is 9.47. The topological polar surface area (TPSA) is 59.2 Å². The summed E-state index contributed by atoms with van der Waals surface area (Å²) in [5.41, 5.74) is 6.39. The van der Waals surface area contributed by atoms with Gasteiger partial charge in [-0.1, -0.05) is 6.07 Å². The first-order chi connectivity index (χ1) is 7.68. The normalized spacial score (nSPS) is 25.5. The van der Waals surface area contributed by atoms with Crippen molar-refractivity contribution in [1.82, 2.24) is 9.88 Å². The summed E-state index contributed by atoms with van der Waals surface area (Å²) in [6.45, 7) is 2.78. The van der Waals surface area contributed by atoms with Crippen molar-refractivity contribution in [3.05, 3.63) is 30.1 Å². The minimum atomic E-state index is 0.0139. The fourth-order valence-electron chi connectivity index (χ4n) is 2.15. The van der Waals surface area contributed by atoms with Crippen LogP contribution >= 0.6 is 0 Å². The maximum atomic E-state index is 12.1. The van der Waals surface area contributed by atoms with Crippen LogP contribution in [0.2, 0.25) is 0 Å². The van der Waals surface area contributed by atoms with Gasteiger partial charge < -0.3 is 10.6 Å². The van der Waals surface area contributed by atoms with E-state index in [1.807, 2.05) is 24.0 Å². The molecule has 0 aliphatic carbocycles. The highest BCUT2D eigenvalue weighted by Crippen LogP contribution is 2.17. The van der Waals surface area contributed by atoms with Crippen molar-refractivity contribution in [2.75, 3.05) is 6.54 Å². The summed E-state index contributed by atoms with van der Waals surface area (Å²) in [5.74, 6) is 0.0139. The minimum absolute atomic E-state index is 0.0139. The van der Waals surface area contributed by atoms with Gasteiger partial charge in [-0.3, -0.25) is 9.78 Å². The van der Waals surface area contributed by atoms with Crippen LogP contribution in [0.3, 0.4) is 0 Å². The summed E-state index contributed by atoms with van der Waals surface area (Å²) in [6, 6.07) is 5.83. The number of likely N-dealkylation sites (tertiary alicyclic amines) is 1. The number of carbonyl (C=O) groups excluding carboxylic acids is 1. The van der Waals surface area contributed by atoms with E-state index in [1.165, 1.54) is 0 Å². The number of pyridine rings is 1. The summed E-state index contributed by atoms with van der Waals surface area (Å²) in [7, 11) is 0. The molecule has 2 N–H and O–H groups in total. The van der Waals surface area contributed by atoms with Crippen LogP contribution in [0, 0.1) is 0 Å². The van der Waals surface area contributed by atoms with Crippen molar-refractivity contribution in [2.24, 2.45) is 5.73 Å². The second-order valence-corrected chi connectivity index (χ2v) is 4.35. The van der Waals surface area contributed by atoms with E-state index in [0.29, 0.717) is 5.69 Å². The Balaban J connectivity index is 2.11. The van der Waals surface area contributed by atoms with Gasteiger partial charge >= 0.3 is 0 Å². The van der Waals surface area contributed by atoms with E-state index in [0.717, 1.165) is 19.4 Å². The van der Waals surface area contributed by atoms with Gasteiger partial charge in [-0.25, -0.2) is 0 Å². The average molecular weight is 219 g/mol. The standard InChI is InChI=1S/C12H17N3O/c1-9-8-10(13)5-7-15(9)12(16)11-4-2-3-6-14-11/h2-4,6,9-10H,5,7-8,13H2,1H3. The van der Waals surface area contributed by atoms with Crippen molar-refractivity contribution in [1.29, 1.82) is 0 Å². The van der Waals surface area contributed by atoms with Gasteiger partial charge in [0.1, 0.15) is 5.69 Å². The monoisotopic (exact) mass is 219 g/mol. The highest BCUT2D eigenvalue weighted by molar-refractivity contribution is 5.92. The molecular weight excluding hydrogens is 202 g/mol. The number of aromatic nitrogens is 1. The molecule has 1 aromatic rings. The smallest absolute Gasteiger partial charge is 0.272 e. The second kappa shape index (κ2) is 4.61. The Morgan fingerprint density at radius 2 is 2.38 bits per heavy atom. The lowest BCUT2D eigenvalue weighted by Crippen LogP contribution is -2.48. The molecule has 0 radical (unpaired) electrons. The molecule has 4 nitrogen and oxygen atoms in total. The van der Waals surface area contributed by atoms with Crippen LogP contribution in [0.15, 0.2) is 24.4 Å². The van der Waals surface area contributed by atoms with E-state index >= 15 is 0 Å². The zero-order valence-corrected chi connectivity index (χ0v) is 9.47. The molecule has 2 atom stereocenters. The van der Waals surface area contributed by atoms with Gasteiger partial charge in [-0.05, 0) is 31.9 Å². The van der Waals surface area contributed by atoms with Gasteiger partial charge in [0.15, 0.2) is 0 Å². The molecule has 1 amide bonds.